The summed E-state index contributed by atoms with van der Waals surface area (Å²) in [7, 11) is 1.85. The molecule has 0 saturated heterocycles. The molecule has 0 saturated carbocycles. The molecule has 1 heterocycles. The lowest BCUT2D eigenvalue weighted by atomic mass is 9.70. The second-order valence-corrected chi connectivity index (χ2v) is 4.86. The van der Waals surface area contributed by atoms with Gasteiger partial charge in [-0.3, -0.25) is 4.79 Å². The molecule has 0 N–H and O–H groups in total. The summed E-state index contributed by atoms with van der Waals surface area (Å²) < 4.78 is 0. The summed E-state index contributed by atoms with van der Waals surface area (Å²) in [5.74, 6) is 0.246. The maximum Gasteiger partial charge on any atom is 0.230 e. The zero-order chi connectivity index (χ0) is 11.2. The largest absolute Gasteiger partial charge is 0.315 e. The molecule has 15 heavy (non-hydrogen) atoms. The van der Waals surface area contributed by atoms with Crippen LogP contribution in [0.25, 0.3) is 0 Å². The molecule has 0 aliphatic carbocycles. The van der Waals surface area contributed by atoms with Gasteiger partial charge in [0.25, 0.3) is 0 Å². The number of nitrogens with zero attached hydrogens (tertiary/aromatic N) is 1. The minimum atomic E-state index is -0.0693. The second kappa shape index (κ2) is 3.09. The van der Waals surface area contributed by atoms with Gasteiger partial charge in [-0.1, -0.05) is 39.0 Å². The fourth-order valence-electron chi connectivity index (χ4n) is 2.26. The maximum atomic E-state index is 12.0. The van der Waals surface area contributed by atoms with Crippen molar-refractivity contribution in [3.05, 3.63) is 29.8 Å². The molecule has 0 aromatic heterocycles. The van der Waals surface area contributed by atoms with Crippen LogP contribution in [0.5, 0.6) is 0 Å². The summed E-state index contributed by atoms with van der Waals surface area (Å²) in [5.41, 5.74) is 2.24. The van der Waals surface area contributed by atoms with Gasteiger partial charge in [-0.2, -0.15) is 0 Å². The van der Waals surface area contributed by atoms with Crippen molar-refractivity contribution in [1.82, 2.24) is 0 Å². The molecule has 2 nitrogen and oxygen atoms in total. The summed E-state index contributed by atoms with van der Waals surface area (Å²) in [6.07, 6.45) is 0. The van der Waals surface area contributed by atoms with Gasteiger partial charge < -0.3 is 4.90 Å². The molecule has 0 bridgehead atoms. The Labute approximate surface area is 90.9 Å². The number of para-hydroxylation sites is 1. The Kier molecular flexibility index (Phi) is 2.10. The third-order valence-electron chi connectivity index (χ3n) is 3.74. The number of carbonyl (C=O) groups excluding carboxylic acids is 1. The highest BCUT2D eigenvalue weighted by atomic mass is 16.2. The van der Waals surface area contributed by atoms with Crippen LogP contribution in [-0.2, 0) is 10.2 Å². The van der Waals surface area contributed by atoms with Crippen molar-refractivity contribution in [3.8, 4) is 0 Å². The first-order valence-corrected chi connectivity index (χ1v) is 5.33. The second-order valence-electron chi connectivity index (χ2n) is 4.86. The molecule has 1 aromatic rings. The topological polar surface area (TPSA) is 20.3 Å². The van der Waals surface area contributed by atoms with Crippen molar-refractivity contribution in [2.75, 3.05) is 11.9 Å². The van der Waals surface area contributed by atoms with Crippen molar-refractivity contribution in [1.29, 1.82) is 0 Å². The molecule has 0 spiro atoms. The van der Waals surface area contributed by atoms with E-state index in [-0.39, 0.29) is 17.2 Å². The van der Waals surface area contributed by atoms with E-state index in [0.29, 0.717) is 0 Å². The highest BCUT2D eigenvalue weighted by Crippen LogP contribution is 2.42. The highest BCUT2D eigenvalue weighted by Gasteiger charge is 2.41. The predicted octanol–water partition coefficient (Wildman–Crippen LogP) is 2.58. The third kappa shape index (κ3) is 1.28. The molecule has 1 amide bonds. The summed E-state index contributed by atoms with van der Waals surface area (Å²) in [4.78, 5) is 13.8. The molecule has 2 heteroatoms. The van der Waals surface area contributed by atoms with Crippen LogP contribution >= 0.6 is 0 Å². The first-order valence-electron chi connectivity index (χ1n) is 5.33. The van der Waals surface area contributed by atoms with Crippen LogP contribution in [0.1, 0.15) is 26.3 Å². The van der Waals surface area contributed by atoms with E-state index in [4.69, 9.17) is 0 Å². The van der Waals surface area contributed by atoms with Crippen LogP contribution < -0.4 is 4.90 Å². The molecule has 1 atom stereocenters. The Bertz CT molecular complexity index is 409. The minimum absolute atomic E-state index is 0.0393. The SMILES string of the molecule is CC1C(=O)N(C)c2ccccc2C1(C)C. The Morgan fingerprint density at radius 1 is 1.27 bits per heavy atom. The number of rotatable bonds is 0. The van der Waals surface area contributed by atoms with Gasteiger partial charge in [-0.25, -0.2) is 0 Å². The van der Waals surface area contributed by atoms with Crippen LogP contribution in [0.15, 0.2) is 24.3 Å². The number of benzene rings is 1. The van der Waals surface area contributed by atoms with Crippen molar-refractivity contribution >= 4 is 11.6 Å². The zero-order valence-corrected chi connectivity index (χ0v) is 9.74. The zero-order valence-electron chi connectivity index (χ0n) is 9.74. The Hall–Kier alpha value is -1.31. The molecular weight excluding hydrogens is 186 g/mol. The summed E-state index contributed by atoms with van der Waals surface area (Å²) in [6, 6.07) is 8.15. The van der Waals surface area contributed by atoms with Crippen LogP contribution in [-0.4, -0.2) is 13.0 Å². The summed E-state index contributed by atoms with van der Waals surface area (Å²) in [5, 5.41) is 0. The number of amides is 1. The minimum Gasteiger partial charge on any atom is -0.315 e. The Morgan fingerprint density at radius 3 is 2.53 bits per heavy atom. The van der Waals surface area contributed by atoms with E-state index >= 15 is 0 Å². The smallest absolute Gasteiger partial charge is 0.230 e. The van der Waals surface area contributed by atoms with Gasteiger partial charge in [-0.15, -0.1) is 0 Å². The fraction of sp³-hybridized carbons (Fsp3) is 0.462. The van der Waals surface area contributed by atoms with Gasteiger partial charge in [0.05, 0.1) is 0 Å². The number of anilines is 1. The van der Waals surface area contributed by atoms with Gasteiger partial charge in [0.15, 0.2) is 0 Å². The average molecular weight is 203 g/mol. The van der Waals surface area contributed by atoms with Crippen LogP contribution in [0.4, 0.5) is 5.69 Å². The van der Waals surface area contributed by atoms with Gasteiger partial charge in [-0.05, 0) is 11.6 Å². The molecule has 2 rings (SSSR count). The van der Waals surface area contributed by atoms with Crippen molar-refractivity contribution < 1.29 is 4.79 Å². The lowest BCUT2D eigenvalue weighted by Gasteiger charge is -2.41. The van der Waals surface area contributed by atoms with Crippen LogP contribution in [0.3, 0.4) is 0 Å². The monoisotopic (exact) mass is 203 g/mol. The lowest BCUT2D eigenvalue weighted by Crippen LogP contribution is -2.46. The van der Waals surface area contributed by atoms with E-state index in [2.05, 4.69) is 19.9 Å². The normalized spacial score (nSPS) is 23.9. The number of fused-ring (bicyclic) bond motifs is 1. The average Bonchev–Trinajstić information content (AvgIpc) is 2.24. The quantitative estimate of drug-likeness (QED) is 0.634. The third-order valence-corrected chi connectivity index (χ3v) is 3.74. The van der Waals surface area contributed by atoms with E-state index < -0.39 is 0 Å². The van der Waals surface area contributed by atoms with Crippen molar-refractivity contribution in [2.45, 2.75) is 26.2 Å². The summed E-state index contributed by atoms with van der Waals surface area (Å²) in [6.45, 7) is 6.29. The molecular formula is C13H17NO. The molecule has 0 fully saturated rings. The molecule has 0 radical (unpaired) electrons. The molecule has 1 aliphatic rings. The fourth-order valence-corrected chi connectivity index (χ4v) is 2.26. The van der Waals surface area contributed by atoms with Gasteiger partial charge in [0.1, 0.15) is 0 Å². The van der Waals surface area contributed by atoms with Crippen molar-refractivity contribution in [2.24, 2.45) is 5.92 Å². The van der Waals surface area contributed by atoms with E-state index in [0.717, 1.165) is 5.69 Å². The van der Waals surface area contributed by atoms with Gasteiger partial charge in [0.2, 0.25) is 5.91 Å². The summed E-state index contributed by atoms with van der Waals surface area (Å²) >= 11 is 0. The van der Waals surface area contributed by atoms with Crippen LogP contribution in [0.2, 0.25) is 0 Å². The van der Waals surface area contributed by atoms with E-state index in [1.54, 1.807) is 4.90 Å². The van der Waals surface area contributed by atoms with Crippen molar-refractivity contribution in [3.63, 3.8) is 0 Å². The van der Waals surface area contributed by atoms with E-state index in [9.17, 15) is 4.79 Å². The van der Waals surface area contributed by atoms with Crippen LogP contribution in [0, 0.1) is 5.92 Å². The Morgan fingerprint density at radius 2 is 1.87 bits per heavy atom. The number of hydrogen-bond donors (Lipinski definition) is 0. The molecule has 1 aromatic carbocycles. The Balaban J connectivity index is 2.66. The van der Waals surface area contributed by atoms with Gasteiger partial charge >= 0.3 is 0 Å². The lowest BCUT2D eigenvalue weighted by molar-refractivity contribution is -0.124. The first kappa shape index (κ1) is 10.2. The molecule has 80 valence electrons. The van der Waals surface area contributed by atoms with E-state index in [1.165, 1.54) is 5.56 Å². The van der Waals surface area contributed by atoms with Gasteiger partial charge in [0, 0.05) is 24.1 Å². The maximum absolute atomic E-state index is 12.0. The molecule has 1 aliphatic heterocycles. The molecule has 1 unspecified atom stereocenters. The number of hydrogen-bond acceptors (Lipinski definition) is 1. The predicted molar refractivity (Wildman–Crippen MR) is 62.0 cm³/mol. The first-order chi connectivity index (χ1) is 6.96. The standard InChI is InChI=1S/C13H17NO/c1-9-12(15)14(4)11-8-6-5-7-10(11)13(9,2)3/h5-9H,1-4H3. The van der Waals surface area contributed by atoms with E-state index in [1.807, 2.05) is 32.2 Å². The number of carbonyl (C=O) groups is 1. The highest BCUT2D eigenvalue weighted by molar-refractivity contribution is 5.98.